The first-order chi connectivity index (χ1) is 20.2. The minimum Gasteiger partial charge on any atom is -0.421 e. The number of fused-ring (bicyclic) bond motifs is 1. The largest absolute Gasteiger partial charge is 0.421 e. The van der Waals surface area contributed by atoms with E-state index in [0.29, 0.717) is 45.9 Å². The van der Waals surface area contributed by atoms with Crippen LogP contribution in [0.5, 0.6) is 11.8 Å². The molecule has 0 bridgehead atoms. The van der Waals surface area contributed by atoms with Crippen LogP contribution in [0.15, 0.2) is 67.1 Å². The van der Waals surface area contributed by atoms with E-state index in [0.717, 1.165) is 28.8 Å². The molecule has 10 nitrogen and oxygen atoms in total. The van der Waals surface area contributed by atoms with Crippen LogP contribution < -0.4 is 15.8 Å². The van der Waals surface area contributed by atoms with Gasteiger partial charge in [0.1, 0.15) is 24.1 Å². The predicted molar refractivity (Wildman–Crippen MR) is 162 cm³/mol. The van der Waals surface area contributed by atoms with Gasteiger partial charge in [-0.15, -0.1) is 0 Å². The number of benzene rings is 2. The van der Waals surface area contributed by atoms with Gasteiger partial charge in [-0.2, -0.15) is 0 Å². The van der Waals surface area contributed by atoms with Gasteiger partial charge in [-0.3, -0.25) is 4.79 Å². The van der Waals surface area contributed by atoms with E-state index in [9.17, 15) is 4.79 Å². The van der Waals surface area contributed by atoms with Gasteiger partial charge < -0.3 is 25.1 Å². The fourth-order valence-corrected chi connectivity index (χ4v) is 4.44. The van der Waals surface area contributed by atoms with Crippen LogP contribution in [-0.2, 0) is 23.2 Å². The molecule has 0 unspecified atom stereocenters. The van der Waals surface area contributed by atoms with Crippen LogP contribution in [-0.4, -0.2) is 44.9 Å². The Kier molecular flexibility index (Phi) is 9.23. The van der Waals surface area contributed by atoms with Gasteiger partial charge >= 0.3 is 6.01 Å². The Bertz CT molecular complexity index is 1770. The number of carbonyl (C=O) groups is 1. The lowest BCUT2D eigenvalue weighted by atomic mass is 9.95. The molecule has 0 aliphatic carbocycles. The van der Waals surface area contributed by atoms with Gasteiger partial charge in [-0.1, -0.05) is 18.7 Å². The summed E-state index contributed by atoms with van der Waals surface area (Å²) in [6, 6.07) is 12.6. The highest BCUT2D eigenvalue weighted by Crippen LogP contribution is 2.44. The number of rotatable bonds is 8. The minimum atomic E-state index is -0.566. The summed E-state index contributed by atoms with van der Waals surface area (Å²) in [7, 11) is 5.41. The zero-order valence-electron chi connectivity index (χ0n) is 24.1. The van der Waals surface area contributed by atoms with Gasteiger partial charge in [0.05, 0.1) is 17.7 Å². The van der Waals surface area contributed by atoms with Crippen molar-refractivity contribution in [3.05, 3.63) is 84.2 Å². The van der Waals surface area contributed by atoms with E-state index in [-0.39, 0.29) is 11.8 Å². The van der Waals surface area contributed by atoms with Crippen LogP contribution in [0.25, 0.3) is 33.4 Å². The number of aromatic nitrogens is 5. The monoisotopic (exact) mass is 569 g/mol. The summed E-state index contributed by atoms with van der Waals surface area (Å²) >= 11 is 0. The number of hydrogen-bond acceptors (Lipinski definition) is 9. The molecule has 3 aromatic heterocycles. The Hall–Kier alpha value is -5.16. The van der Waals surface area contributed by atoms with E-state index in [1.54, 1.807) is 38.4 Å². The highest BCUT2D eigenvalue weighted by Gasteiger charge is 2.24. The summed E-state index contributed by atoms with van der Waals surface area (Å²) in [5.41, 5.74) is 13.2. The number of methoxy groups -OCH3 is 1. The number of nitrogens with zero attached hydrogens (tertiary/aromatic N) is 5. The number of carbonyl (C=O) groups excluding carboxylic acids is 1. The number of nitrogens with one attached hydrogen (secondary N) is 1. The Labute approximate surface area is 243 Å². The molecule has 0 radical (unpaired) electrons. The van der Waals surface area contributed by atoms with E-state index in [1.165, 1.54) is 12.4 Å². The molecule has 0 atom stereocenters. The molecule has 5 aromatic rings. The highest BCUT2D eigenvalue weighted by molar-refractivity contribution is 6.08. The normalized spacial score (nSPS) is 10.6. The quantitative estimate of drug-likeness (QED) is 0.174. The number of nitrogens with two attached hydrogens (primary N) is 1. The van der Waals surface area contributed by atoms with Crippen molar-refractivity contribution < 1.29 is 18.7 Å². The lowest BCUT2D eigenvalue weighted by Crippen LogP contribution is -2.00. The maximum absolute atomic E-state index is 15.4. The fraction of sp³-hybridized carbons (Fsp3) is 0.194. The number of aryl methyl sites for hydroxylation is 2. The second-order valence-electron chi connectivity index (χ2n) is 9.49. The molecule has 216 valence electrons. The molecule has 0 amide bonds. The smallest absolute Gasteiger partial charge is 0.322 e. The molecular formula is C31H32FN7O3. The second kappa shape index (κ2) is 13.0. The first-order valence-corrected chi connectivity index (χ1v) is 12.9. The second-order valence-corrected chi connectivity index (χ2v) is 9.49. The summed E-state index contributed by atoms with van der Waals surface area (Å²) in [4.78, 5) is 26.3. The van der Waals surface area contributed by atoms with E-state index in [2.05, 4.69) is 31.8 Å². The number of anilines is 2. The van der Waals surface area contributed by atoms with Crippen LogP contribution in [0.1, 0.15) is 18.2 Å². The minimum absolute atomic E-state index is 0.0128. The molecule has 0 aliphatic heterocycles. The summed E-state index contributed by atoms with van der Waals surface area (Å²) in [5, 5.41) is 3.80. The van der Waals surface area contributed by atoms with Gasteiger partial charge in [-0.25, -0.2) is 24.3 Å². The Morgan fingerprint density at radius 1 is 1.17 bits per heavy atom. The third kappa shape index (κ3) is 6.26. The van der Waals surface area contributed by atoms with Gasteiger partial charge in [0, 0.05) is 49.9 Å². The van der Waals surface area contributed by atoms with Crippen molar-refractivity contribution in [3.8, 4) is 34.1 Å². The van der Waals surface area contributed by atoms with E-state index in [1.807, 2.05) is 43.8 Å². The molecule has 3 N–H and O–H groups in total. The molecule has 0 saturated heterocycles. The van der Waals surface area contributed by atoms with Crippen molar-refractivity contribution in [2.75, 3.05) is 25.2 Å². The molecule has 11 heteroatoms. The van der Waals surface area contributed by atoms with Gasteiger partial charge in [-0.05, 0) is 60.9 Å². The SMILES string of the molecule is C=C(C)C=O.CNc1ccc(-c2c(-c3ccc(Oc4nccc(C)n4)c(F)c3)c3c(N)ncnc3n2C)c(COC)c1. The number of nitrogen functional groups attached to an aromatic ring is 1. The van der Waals surface area contributed by atoms with Crippen LogP contribution in [0.2, 0.25) is 0 Å². The summed E-state index contributed by atoms with van der Waals surface area (Å²) in [5.74, 6) is -0.252. The first-order valence-electron chi connectivity index (χ1n) is 12.9. The van der Waals surface area contributed by atoms with Crippen LogP contribution in [0, 0.1) is 12.7 Å². The van der Waals surface area contributed by atoms with Crippen molar-refractivity contribution >= 4 is 28.8 Å². The zero-order valence-corrected chi connectivity index (χ0v) is 24.1. The van der Waals surface area contributed by atoms with Gasteiger partial charge in [0.15, 0.2) is 11.6 Å². The van der Waals surface area contributed by atoms with E-state index >= 15 is 4.39 Å². The lowest BCUT2D eigenvalue weighted by molar-refractivity contribution is -0.104. The van der Waals surface area contributed by atoms with Crippen LogP contribution in [0.3, 0.4) is 0 Å². The topological polar surface area (TPSA) is 130 Å². The highest BCUT2D eigenvalue weighted by atomic mass is 19.1. The number of hydrogen-bond donors (Lipinski definition) is 2. The average molecular weight is 570 g/mol. The van der Waals surface area contributed by atoms with Crippen molar-refractivity contribution in [2.24, 2.45) is 7.05 Å². The molecule has 3 heterocycles. The maximum Gasteiger partial charge on any atom is 0.322 e. The molecule has 42 heavy (non-hydrogen) atoms. The summed E-state index contributed by atoms with van der Waals surface area (Å²) < 4.78 is 28.4. The van der Waals surface area contributed by atoms with Crippen molar-refractivity contribution in [1.82, 2.24) is 24.5 Å². The van der Waals surface area contributed by atoms with Gasteiger partial charge in [0.2, 0.25) is 0 Å². The van der Waals surface area contributed by atoms with E-state index < -0.39 is 5.82 Å². The Balaban J connectivity index is 0.000000748. The van der Waals surface area contributed by atoms with Crippen LogP contribution in [0.4, 0.5) is 15.9 Å². The average Bonchev–Trinajstić information content (AvgIpc) is 3.27. The molecule has 0 fully saturated rings. The van der Waals surface area contributed by atoms with E-state index in [4.69, 9.17) is 15.2 Å². The molecular weight excluding hydrogens is 537 g/mol. The van der Waals surface area contributed by atoms with Crippen molar-refractivity contribution in [3.63, 3.8) is 0 Å². The van der Waals surface area contributed by atoms with Crippen molar-refractivity contribution in [1.29, 1.82) is 0 Å². The Morgan fingerprint density at radius 2 is 1.93 bits per heavy atom. The molecule has 2 aromatic carbocycles. The molecule has 5 rings (SSSR count). The lowest BCUT2D eigenvalue weighted by Gasteiger charge is -2.15. The first kappa shape index (κ1) is 29.8. The molecule has 0 saturated carbocycles. The standard InChI is InChI=1S/C27H26FN7O2.C4H6O/c1-15-9-10-31-27(34-15)37-21-8-5-16(12-20(21)28)22-23-25(29)32-14-33-26(23)35(3)24(22)19-7-6-18(30-2)11-17(19)13-36-4;1-4(2)3-5/h5-12,14,30H,13H2,1-4H3,(H2,29,32,33);3H,1H2,2H3. The van der Waals surface area contributed by atoms with Crippen molar-refractivity contribution in [2.45, 2.75) is 20.5 Å². The number of ether oxygens (including phenoxy) is 2. The third-order valence-electron chi connectivity index (χ3n) is 6.34. The molecule has 0 aliphatic rings. The maximum atomic E-state index is 15.4. The van der Waals surface area contributed by atoms with Gasteiger partial charge in [0.25, 0.3) is 0 Å². The summed E-state index contributed by atoms with van der Waals surface area (Å²) in [6.07, 6.45) is 3.71. The Morgan fingerprint density at radius 3 is 2.57 bits per heavy atom. The third-order valence-corrected chi connectivity index (χ3v) is 6.34. The van der Waals surface area contributed by atoms with Crippen LogP contribution >= 0.6 is 0 Å². The predicted octanol–water partition coefficient (Wildman–Crippen LogP) is 5.86. The fourth-order valence-electron chi connectivity index (χ4n) is 4.44. The number of halogens is 1. The molecule has 0 spiro atoms. The number of allylic oxidation sites excluding steroid dienone is 1. The number of aldehydes is 1. The summed E-state index contributed by atoms with van der Waals surface area (Å²) in [6.45, 7) is 7.15. The zero-order chi connectivity index (χ0) is 30.4.